The number of hydrogen-bond donors (Lipinski definition) is 3. The third kappa shape index (κ3) is 4.74. The molecule has 1 aliphatic heterocycles. The van der Waals surface area contributed by atoms with Crippen molar-refractivity contribution < 1.29 is 19.4 Å². The van der Waals surface area contributed by atoms with Crippen molar-refractivity contribution in [3.63, 3.8) is 0 Å². The van der Waals surface area contributed by atoms with Gasteiger partial charge >= 0.3 is 5.97 Å². The minimum atomic E-state index is -0.969. The molecule has 0 bridgehead atoms. The Hall–Kier alpha value is -2.77. The number of hydrogen-bond acceptors (Lipinski definition) is 5. The number of amides is 1. The van der Waals surface area contributed by atoms with Gasteiger partial charge in [0.15, 0.2) is 0 Å². The van der Waals surface area contributed by atoms with E-state index < -0.39 is 11.5 Å². The SMILES string of the molecule is C[C@H](NC(=O)C1(NCc2ccccn2)CCOCC1)c1ccc(C(=O)O)cc1. The molecule has 1 fully saturated rings. The number of carboxylic acid groups (broad SMARTS) is 1. The largest absolute Gasteiger partial charge is 0.478 e. The molecule has 1 saturated heterocycles. The van der Waals surface area contributed by atoms with Crippen molar-refractivity contribution in [3.8, 4) is 0 Å². The normalized spacial score (nSPS) is 16.9. The van der Waals surface area contributed by atoms with Gasteiger partial charge in [0.1, 0.15) is 5.54 Å². The number of aromatic carboxylic acids is 1. The van der Waals surface area contributed by atoms with Gasteiger partial charge < -0.3 is 15.2 Å². The number of aromatic nitrogens is 1. The molecule has 1 aliphatic rings. The molecule has 1 aromatic heterocycles. The molecule has 2 heterocycles. The van der Waals surface area contributed by atoms with E-state index in [-0.39, 0.29) is 17.5 Å². The first kappa shape index (κ1) is 20.0. The molecular weight excluding hydrogens is 358 g/mol. The maximum atomic E-state index is 13.2. The Morgan fingerprint density at radius 1 is 1.18 bits per heavy atom. The highest BCUT2D eigenvalue weighted by Gasteiger charge is 2.40. The van der Waals surface area contributed by atoms with Gasteiger partial charge in [0.25, 0.3) is 0 Å². The van der Waals surface area contributed by atoms with Gasteiger partial charge in [-0.25, -0.2) is 4.79 Å². The van der Waals surface area contributed by atoms with Crippen LogP contribution in [0.25, 0.3) is 0 Å². The highest BCUT2D eigenvalue weighted by molar-refractivity contribution is 5.88. The first-order valence-electron chi connectivity index (χ1n) is 9.37. The Kier molecular flexibility index (Phi) is 6.38. The summed E-state index contributed by atoms with van der Waals surface area (Å²) >= 11 is 0. The monoisotopic (exact) mass is 383 g/mol. The summed E-state index contributed by atoms with van der Waals surface area (Å²) in [5.41, 5.74) is 1.23. The molecule has 0 saturated carbocycles. The molecule has 0 unspecified atom stereocenters. The molecule has 7 nitrogen and oxygen atoms in total. The maximum absolute atomic E-state index is 13.2. The van der Waals surface area contributed by atoms with Crippen LogP contribution in [-0.2, 0) is 16.1 Å². The number of carbonyl (C=O) groups is 2. The third-order valence-electron chi connectivity index (χ3n) is 5.12. The minimum absolute atomic E-state index is 0.0819. The lowest BCUT2D eigenvalue weighted by atomic mass is 9.88. The Balaban J connectivity index is 1.69. The molecule has 7 heteroatoms. The number of pyridine rings is 1. The Morgan fingerprint density at radius 2 is 1.89 bits per heavy atom. The zero-order valence-electron chi connectivity index (χ0n) is 15.9. The predicted molar refractivity (Wildman–Crippen MR) is 104 cm³/mol. The second-order valence-electron chi connectivity index (χ2n) is 6.99. The first-order chi connectivity index (χ1) is 13.5. The summed E-state index contributed by atoms with van der Waals surface area (Å²) in [5, 5.41) is 15.5. The van der Waals surface area contributed by atoms with Gasteiger partial charge in [0.2, 0.25) is 5.91 Å². The van der Waals surface area contributed by atoms with Crippen LogP contribution < -0.4 is 10.6 Å². The molecule has 1 amide bonds. The van der Waals surface area contributed by atoms with E-state index in [1.54, 1.807) is 30.5 Å². The van der Waals surface area contributed by atoms with Crippen molar-refractivity contribution >= 4 is 11.9 Å². The van der Waals surface area contributed by atoms with Crippen LogP contribution in [0.1, 0.15) is 47.4 Å². The van der Waals surface area contributed by atoms with E-state index in [9.17, 15) is 9.59 Å². The van der Waals surface area contributed by atoms with Gasteiger partial charge in [-0.05, 0) is 49.6 Å². The van der Waals surface area contributed by atoms with Crippen molar-refractivity contribution in [1.82, 2.24) is 15.6 Å². The molecule has 0 radical (unpaired) electrons. The molecule has 0 aliphatic carbocycles. The molecule has 28 heavy (non-hydrogen) atoms. The van der Waals surface area contributed by atoms with Gasteiger partial charge in [0, 0.05) is 26.0 Å². The molecule has 3 rings (SSSR count). The average Bonchev–Trinajstić information content (AvgIpc) is 2.73. The molecule has 0 spiro atoms. The minimum Gasteiger partial charge on any atom is -0.478 e. The zero-order chi connectivity index (χ0) is 20.0. The van der Waals surface area contributed by atoms with E-state index in [2.05, 4.69) is 15.6 Å². The summed E-state index contributed by atoms with van der Waals surface area (Å²) in [4.78, 5) is 28.5. The second-order valence-corrected chi connectivity index (χ2v) is 6.99. The molecule has 2 aromatic rings. The summed E-state index contributed by atoms with van der Waals surface area (Å²) in [6, 6.07) is 12.0. The number of nitrogens with one attached hydrogen (secondary N) is 2. The Labute approximate surface area is 164 Å². The van der Waals surface area contributed by atoms with Crippen LogP contribution in [0.4, 0.5) is 0 Å². The number of ether oxygens (including phenoxy) is 1. The third-order valence-corrected chi connectivity index (χ3v) is 5.12. The number of nitrogens with zero attached hydrogens (tertiary/aromatic N) is 1. The van der Waals surface area contributed by atoms with Crippen molar-refractivity contribution in [1.29, 1.82) is 0 Å². The fraction of sp³-hybridized carbons (Fsp3) is 0.381. The van der Waals surface area contributed by atoms with E-state index >= 15 is 0 Å². The lowest BCUT2D eigenvalue weighted by Gasteiger charge is -2.37. The van der Waals surface area contributed by atoms with Crippen molar-refractivity contribution in [3.05, 3.63) is 65.5 Å². The topological polar surface area (TPSA) is 101 Å². The average molecular weight is 383 g/mol. The van der Waals surface area contributed by atoms with Crippen LogP contribution in [0.2, 0.25) is 0 Å². The first-order valence-corrected chi connectivity index (χ1v) is 9.37. The summed E-state index contributed by atoms with van der Waals surface area (Å²) in [6.45, 7) is 3.42. The van der Waals surface area contributed by atoms with Gasteiger partial charge in [-0.1, -0.05) is 18.2 Å². The molecule has 1 aromatic carbocycles. The van der Waals surface area contributed by atoms with Crippen LogP contribution in [0.5, 0.6) is 0 Å². The summed E-state index contributed by atoms with van der Waals surface area (Å²) in [7, 11) is 0. The van der Waals surface area contributed by atoms with Crippen molar-refractivity contribution in [2.24, 2.45) is 0 Å². The van der Waals surface area contributed by atoms with E-state index in [0.717, 1.165) is 11.3 Å². The van der Waals surface area contributed by atoms with Gasteiger partial charge in [-0.15, -0.1) is 0 Å². The van der Waals surface area contributed by atoms with E-state index in [4.69, 9.17) is 9.84 Å². The van der Waals surface area contributed by atoms with Crippen LogP contribution in [0, 0.1) is 0 Å². The quantitative estimate of drug-likeness (QED) is 0.678. The number of carbonyl (C=O) groups excluding carboxylic acids is 1. The van der Waals surface area contributed by atoms with Crippen LogP contribution in [-0.4, -0.2) is 40.7 Å². The lowest BCUT2D eigenvalue weighted by Crippen LogP contribution is -2.59. The Morgan fingerprint density at radius 3 is 2.50 bits per heavy atom. The zero-order valence-corrected chi connectivity index (χ0v) is 15.9. The summed E-state index contributed by atoms with van der Waals surface area (Å²) in [5.74, 6) is -1.05. The fourth-order valence-electron chi connectivity index (χ4n) is 3.30. The molecule has 148 valence electrons. The predicted octanol–water partition coefficient (Wildman–Crippen LogP) is 2.30. The van der Waals surface area contributed by atoms with Crippen LogP contribution in [0.3, 0.4) is 0 Å². The van der Waals surface area contributed by atoms with E-state index in [0.29, 0.717) is 32.6 Å². The number of benzene rings is 1. The fourth-order valence-corrected chi connectivity index (χ4v) is 3.30. The Bertz CT molecular complexity index is 802. The van der Waals surface area contributed by atoms with Gasteiger partial charge in [-0.2, -0.15) is 0 Å². The number of carboxylic acids is 1. The van der Waals surface area contributed by atoms with E-state index in [1.807, 2.05) is 25.1 Å². The summed E-state index contributed by atoms with van der Waals surface area (Å²) < 4.78 is 5.46. The van der Waals surface area contributed by atoms with Gasteiger partial charge in [-0.3, -0.25) is 15.1 Å². The lowest BCUT2D eigenvalue weighted by molar-refractivity contribution is -0.132. The molecular formula is C21H25N3O4. The number of rotatable bonds is 7. The second kappa shape index (κ2) is 8.95. The van der Waals surface area contributed by atoms with Crippen molar-refractivity contribution in [2.75, 3.05) is 13.2 Å². The van der Waals surface area contributed by atoms with Crippen molar-refractivity contribution in [2.45, 2.75) is 37.9 Å². The van der Waals surface area contributed by atoms with E-state index in [1.165, 1.54) is 0 Å². The highest BCUT2D eigenvalue weighted by Crippen LogP contribution is 2.24. The standard InChI is InChI=1S/C21H25N3O4/c1-15(16-5-7-17(8-6-16)19(25)26)24-20(27)21(9-12-28-13-10-21)23-14-18-4-2-3-11-22-18/h2-8,11,15,23H,9-10,12-14H2,1H3,(H,24,27)(H,25,26)/t15-/m0/s1. The smallest absolute Gasteiger partial charge is 0.335 e. The summed E-state index contributed by atoms with van der Waals surface area (Å²) in [6.07, 6.45) is 2.89. The van der Waals surface area contributed by atoms with Crippen LogP contribution >= 0.6 is 0 Å². The molecule has 3 N–H and O–H groups in total. The van der Waals surface area contributed by atoms with Gasteiger partial charge in [0.05, 0.1) is 17.3 Å². The van der Waals surface area contributed by atoms with Crippen LogP contribution in [0.15, 0.2) is 48.7 Å². The maximum Gasteiger partial charge on any atom is 0.335 e. The highest BCUT2D eigenvalue weighted by atomic mass is 16.5. The molecule has 1 atom stereocenters.